The van der Waals surface area contributed by atoms with E-state index in [1.54, 1.807) is 32.6 Å². The molecule has 1 aliphatic rings. The van der Waals surface area contributed by atoms with Crippen molar-refractivity contribution >= 4 is 45.0 Å². The van der Waals surface area contributed by atoms with E-state index in [9.17, 15) is 4.79 Å². The lowest BCUT2D eigenvalue weighted by Crippen LogP contribution is -2.19. The minimum Gasteiger partial charge on any atom is -0.496 e. The first-order chi connectivity index (χ1) is 9.63. The number of hydrogen-bond donors (Lipinski definition) is 1. The maximum absolute atomic E-state index is 11.0. The summed E-state index contributed by atoms with van der Waals surface area (Å²) in [4.78, 5) is 11.0. The van der Waals surface area contributed by atoms with Crippen LogP contribution in [0.25, 0.3) is 0 Å². The Kier molecular flexibility index (Phi) is 5.02. The van der Waals surface area contributed by atoms with Crippen LogP contribution in [-0.4, -0.2) is 37.3 Å². The van der Waals surface area contributed by atoms with Gasteiger partial charge < -0.3 is 14.8 Å². The Hall–Kier alpha value is -1.54. The van der Waals surface area contributed by atoms with Crippen LogP contribution in [0.15, 0.2) is 26.8 Å². The van der Waals surface area contributed by atoms with Crippen LogP contribution in [0.4, 0.5) is 0 Å². The number of benzene rings is 1. The summed E-state index contributed by atoms with van der Waals surface area (Å²) in [7, 11) is 3.16. The Balaban J connectivity index is 2.21. The van der Waals surface area contributed by atoms with Gasteiger partial charge in [0.1, 0.15) is 11.5 Å². The fourth-order valence-electron chi connectivity index (χ4n) is 1.51. The minimum absolute atomic E-state index is 0.0631. The zero-order valence-corrected chi connectivity index (χ0v) is 13.2. The van der Waals surface area contributed by atoms with Gasteiger partial charge in [-0.3, -0.25) is 4.79 Å². The van der Waals surface area contributed by atoms with Crippen LogP contribution in [0.5, 0.6) is 11.5 Å². The number of halogens is 1. The monoisotopic (exact) mass is 357 g/mol. The quantitative estimate of drug-likeness (QED) is 0.660. The van der Waals surface area contributed by atoms with Crippen molar-refractivity contribution in [2.75, 3.05) is 20.0 Å². The molecule has 1 saturated heterocycles. The van der Waals surface area contributed by atoms with E-state index in [-0.39, 0.29) is 5.91 Å². The van der Waals surface area contributed by atoms with Crippen LogP contribution >= 0.6 is 27.7 Å². The summed E-state index contributed by atoms with van der Waals surface area (Å²) in [5.74, 6) is 1.63. The molecule has 0 spiro atoms. The molecule has 0 aliphatic carbocycles. The van der Waals surface area contributed by atoms with Gasteiger partial charge in [0.2, 0.25) is 5.91 Å². The predicted octanol–water partition coefficient (Wildman–Crippen LogP) is 2.02. The van der Waals surface area contributed by atoms with E-state index in [0.29, 0.717) is 22.4 Å². The highest BCUT2D eigenvalue weighted by atomic mass is 79.9. The lowest BCUT2D eigenvalue weighted by molar-refractivity contribution is -0.116. The van der Waals surface area contributed by atoms with Gasteiger partial charge in [0.25, 0.3) is 0 Å². The van der Waals surface area contributed by atoms with Crippen molar-refractivity contribution in [1.82, 2.24) is 5.32 Å². The standard InChI is InChI=1S/C12H12BrN3O3S/c1-18-9-4-8(13)10(19-2)3-7(9)5-14-16-12-15-11(17)6-20-12/h3-5H,6H2,1-2H3,(H,15,16,17)/b14-5-. The number of rotatable bonds is 4. The molecule has 1 heterocycles. The van der Waals surface area contributed by atoms with E-state index in [4.69, 9.17) is 9.47 Å². The molecule has 2 rings (SSSR count). The number of carbonyl (C=O) groups excluding carboxylic acids is 1. The Morgan fingerprint density at radius 2 is 2.10 bits per heavy atom. The molecule has 0 unspecified atom stereocenters. The van der Waals surface area contributed by atoms with Crippen molar-refractivity contribution in [1.29, 1.82) is 0 Å². The van der Waals surface area contributed by atoms with Gasteiger partial charge in [-0.15, -0.1) is 5.10 Å². The van der Waals surface area contributed by atoms with Crippen LogP contribution in [0.3, 0.4) is 0 Å². The van der Waals surface area contributed by atoms with Gasteiger partial charge in [-0.1, -0.05) is 11.8 Å². The second kappa shape index (κ2) is 6.76. The van der Waals surface area contributed by atoms with E-state index in [2.05, 4.69) is 31.4 Å². The molecule has 0 bridgehead atoms. The third-order valence-electron chi connectivity index (χ3n) is 2.44. The molecule has 1 aromatic rings. The number of amidine groups is 1. The number of hydrogen-bond acceptors (Lipinski definition) is 6. The Labute approximate surface area is 128 Å². The van der Waals surface area contributed by atoms with Crippen molar-refractivity contribution in [3.8, 4) is 11.5 Å². The fourth-order valence-corrected chi connectivity index (χ4v) is 2.62. The number of carbonyl (C=O) groups is 1. The van der Waals surface area contributed by atoms with E-state index in [1.807, 2.05) is 0 Å². The largest absolute Gasteiger partial charge is 0.496 e. The average molecular weight is 358 g/mol. The van der Waals surface area contributed by atoms with Gasteiger partial charge in [0.05, 0.1) is 30.7 Å². The molecule has 1 fully saturated rings. The fraction of sp³-hybridized carbons (Fsp3) is 0.250. The number of amides is 1. The number of thioether (sulfide) groups is 1. The van der Waals surface area contributed by atoms with Gasteiger partial charge in [-0.25, -0.2) is 0 Å². The van der Waals surface area contributed by atoms with Gasteiger partial charge in [-0.2, -0.15) is 5.10 Å². The molecular formula is C12H12BrN3O3S. The van der Waals surface area contributed by atoms with Crippen molar-refractivity contribution < 1.29 is 14.3 Å². The van der Waals surface area contributed by atoms with Gasteiger partial charge in [0.15, 0.2) is 5.17 Å². The predicted molar refractivity (Wildman–Crippen MR) is 82.9 cm³/mol. The molecule has 6 nitrogen and oxygen atoms in total. The SMILES string of the molecule is COc1cc(/C=N\N=C2/NC(=O)CS2)c(OC)cc1Br. The van der Waals surface area contributed by atoms with Gasteiger partial charge in [-0.05, 0) is 28.1 Å². The summed E-state index contributed by atoms with van der Waals surface area (Å²) in [6.45, 7) is 0. The summed E-state index contributed by atoms with van der Waals surface area (Å²) >= 11 is 4.70. The van der Waals surface area contributed by atoms with Crippen LogP contribution < -0.4 is 14.8 Å². The Morgan fingerprint density at radius 3 is 2.70 bits per heavy atom. The highest BCUT2D eigenvalue weighted by Crippen LogP contribution is 2.31. The molecule has 0 saturated carbocycles. The second-order valence-corrected chi connectivity index (χ2v) is 5.53. The van der Waals surface area contributed by atoms with Gasteiger partial charge in [0, 0.05) is 5.56 Å². The first kappa shape index (κ1) is 14.9. The smallest absolute Gasteiger partial charge is 0.236 e. The highest BCUT2D eigenvalue weighted by molar-refractivity contribution is 9.10. The molecule has 1 N–H and O–H groups in total. The van der Waals surface area contributed by atoms with Gasteiger partial charge >= 0.3 is 0 Å². The number of nitrogens with zero attached hydrogens (tertiary/aromatic N) is 2. The Morgan fingerprint density at radius 1 is 1.35 bits per heavy atom. The average Bonchev–Trinajstić information content (AvgIpc) is 2.85. The number of nitrogens with one attached hydrogen (secondary N) is 1. The number of ether oxygens (including phenoxy) is 2. The van der Waals surface area contributed by atoms with E-state index < -0.39 is 0 Å². The van der Waals surface area contributed by atoms with Crippen LogP contribution in [0, 0.1) is 0 Å². The molecule has 1 aliphatic heterocycles. The van der Waals surface area contributed by atoms with Crippen molar-refractivity contribution in [2.45, 2.75) is 0 Å². The van der Waals surface area contributed by atoms with E-state index in [0.717, 1.165) is 10.0 Å². The first-order valence-electron chi connectivity index (χ1n) is 5.59. The molecule has 0 atom stereocenters. The van der Waals surface area contributed by atoms with Crippen LogP contribution in [0.2, 0.25) is 0 Å². The molecule has 0 aromatic heterocycles. The normalized spacial score (nSPS) is 16.8. The van der Waals surface area contributed by atoms with Crippen molar-refractivity contribution in [3.05, 3.63) is 22.2 Å². The Bertz CT molecular complexity index is 590. The molecule has 20 heavy (non-hydrogen) atoms. The van der Waals surface area contributed by atoms with Crippen molar-refractivity contribution in [2.24, 2.45) is 10.2 Å². The van der Waals surface area contributed by atoms with Crippen molar-refractivity contribution in [3.63, 3.8) is 0 Å². The number of methoxy groups -OCH3 is 2. The summed E-state index contributed by atoms with van der Waals surface area (Å²) in [5.41, 5.74) is 0.728. The van der Waals surface area contributed by atoms with Crippen LogP contribution in [0.1, 0.15) is 5.56 Å². The van der Waals surface area contributed by atoms with E-state index >= 15 is 0 Å². The molecule has 1 aromatic carbocycles. The third-order valence-corrected chi connectivity index (χ3v) is 3.92. The third kappa shape index (κ3) is 3.51. The molecule has 8 heteroatoms. The zero-order valence-electron chi connectivity index (χ0n) is 10.8. The molecule has 0 radical (unpaired) electrons. The maximum atomic E-state index is 11.0. The molecule has 1 amide bonds. The lowest BCUT2D eigenvalue weighted by Gasteiger charge is -2.08. The second-order valence-electron chi connectivity index (χ2n) is 3.72. The zero-order chi connectivity index (χ0) is 14.5. The summed E-state index contributed by atoms with van der Waals surface area (Å²) in [6.07, 6.45) is 1.55. The maximum Gasteiger partial charge on any atom is 0.236 e. The highest BCUT2D eigenvalue weighted by Gasteiger charge is 2.16. The van der Waals surface area contributed by atoms with Crippen LogP contribution in [-0.2, 0) is 4.79 Å². The van der Waals surface area contributed by atoms with E-state index in [1.165, 1.54) is 11.8 Å². The summed E-state index contributed by atoms with van der Waals surface area (Å²) in [6, 6.07) is 3.58. The summed E-state index contributed by atoms with van der Waals surface area (Å²) in [5, 5.41) is 11.0. The minimum atomic E-state index is -0.0631. The molecule has 106 valence electrons. The lowest BCUT2D eigenvalue weighted by atomic mass is 10.2. The molecular weight excluding hydrogens is 346 g/mol. The topological polar surface area (TPSA) is 72.3 Å². The first-order valence-corrected chi connectivity index (χ1v) is 7.37. The summed E-state index contributed by atoms with van der Waals surface area (Å²) < 4.78 is 11.3.